The summed E-state index contributed by atoms with van der Waals surface area (Å²) < 4.78 is 15.9. The van der Waals surface area contributed by atoms with Gasteiger partial charge in [-0.25, -0.2) is 9.37 Å². The number of hydrogen-bond acceptors (Lipinski definition) is 5. The Hall–Kier alpha value is -3.48. The first kappa shape index (κ1) is 17.9. The first-order valence-electron chi connectivity index (χ1n) is 8.95. The number of anilines is 4. The van der Waals surface area contributed by atoms with Crippen molar-refractivity contribution >= 4 is 34.0 Å². The van der Waals surface area contributed by atoms with Gasteiger partial charge in [-0.05, 0) is 55.8 Å². The summed E-state index contributed by atoms with van der Waals surface area (Å²) in [7, 11) is 3.87. The van der Waals surface area contributed by atoms with Gasteiger partial charge in [0.05, 0.1) is 16.9 Å². The lowest BCUT2D eigenvalue weighted by molar-refractivity contribution is 0.631. The molecule has 0 spiro atoms. The fraction of sp³-hybridized carbons (Fsp3) is 0.190. The number of benzene rings is 2. The second-order valence-electron chi connectivity index (χ2n) is 6.82. The first-order chi connectivity index (χ1) is 13.4. The monoisotopic (exact) mass is 376 g/mol. The molecule has 6 nitrogen and oxygen atoms in total. The van der Waals surface area contributed by atoms with E-state index in [0.717, 1.165) is 27.8 Å². The number of hydrogen-bond donors (Lipinski definition) is 1. The summed E-state index contributed by atoms with van der Waals surface area (Å²) in [5, 5.41) is 8.53. The van der Waals surface area contributed by atoms with E-state index in [1.165, 1.54) is 6.07 Å². The molecule has 0 unspecified atom stereocenters. The Bertz CT molecular complexity index is 1170. The topological polar surface area (TPSA) is 58.9 Å². The van der Waals surface area contributed by atoms with Crippen LogP contribution in [0.15, 0.2) is 48.7 Å². The van der Waals surface area contributed by atoms with Crippen LogP contribution in [0.1, 0.15) is 11.3 Å². The van der Waals surface area contributed by atoms with Crippen molar-refractivity contribution in [2.45, 2.75) is 13.8 Å². The highest BCUT2D eigenvalue weighted by Gasteiger charge is 2.12. The van der Waals surface area contributed by atoms with Crippen molar-refractivity contribution in [2.75, 3.05) is 17.3 Å². The quantitative estimate of drug-likeness (QED) is 0.563. The smallest absolute Gasteiger partial charge is 0.229 e. The SMILES string of the molecule is Cc1ccc(F)c(Nc2nccc(N(C)c3ccc4c(c3)c(C)nn4C)n2)c1. The van der Waals surface area contributed by atoms with Crippen LogP contribution in [0.4, 0.5) is 27.5 Å². The van der Waals surface area contributed by atoms with Crippen molar-refractivity contribution in [2.24, 2.45) is 7.05 Å². The Morgan fingerprint density at radius 2 is 1.89 bits per heavy atom. The van der Waals surface area contributed by atoms with Gasteiger partial charge in [0.25, 0.3) is 0 Å². The van der Waals surface area contributed by atoms with E-state index < -0.39 is 0 Å². The van der Waals surface area contributed by atoms with E-state index in [0.29, 0.717) is 17.5 Å². The van der Waals surface area contributed by atoms with Gasteiger partial charge in [0.15, 0.2) is 0 Å². The van der Waals surface area contributed by atoms with Crippen LogP contribution in [0, 0.1) is 19.7 Å². The molecule has 0 bridgehead atoms. The van der Waals surface area contributed by atoms with E-state index >= 15 is 0 Å². The van der Waals surface area contributed by atoms with Gasteiger partial charge in [-0.1, -0.05) is 6.07 Å². The lowest BCUT2D eigenvalue weighted by Gasteiger charge is -2.19. The van der Waals surface area contributed by atoms with E-state index in [9.17, 15) is 4.39 Å². The van der Waals surface area contributed by atoms with Gasteiger partial charge < -0.3 is 10.2 Å². The van der Waals surface area contributed by atoms with Gasteiger partial charge in [-0.3, -0.25) is 4.68 Å². The lowest BCUT2D eigenvalue weighted by Crippen LogP contribution is -2.12. The van der Waals surface area contributed by atoms with E-state index in [-0.39, 0.29) is 5.82 Å². The minimum absolute atomic E-state index is 0.340. The van der Waals surface area contributed by atoms with E-state index in [2.05, 4.69) is 26.4 Å². The molecular formula is C21H21FN6. The highest BCUT2D eigenvalue weighted by atomic mass is 19.1. The second-order valence-corrected chi connectivity index (χ2v) is 6.82. The molecule has 0 fully saturated rings. The highest BCUT2D eigenvalue weighted by molar-refractivity contribution is 5.86. The van der Waals surface area contributed by atoms with Crippen LogP contribution >= 0.6 is 0 Å². The van der Waals surface area contributed by atoms with Crippen molar-refractivity contribution in [3.05, 3.63) is 65.7 Å². The third-order valence-electron chi connectivity index (χ3n) is 4.76. The Labute approximate surface area is 162 Å². The molecule has 28 heavy (non-hydrogen) atoms. The van der Waals surface area contributed by atoms with E-state index in [1.54, 1.807) is 18.3 Å². The average molecular weight is 376 g/mol. The van der Waals surface area contributed by atoms with E-state index in [4.69, 9.17) is 0 Å². The molecule has 0 amide bonds. The minimum Gasteiger partial charge on any atom is -0.329 e. The maximum absolute atomic E-state index is 14.0. The van der Waals surface area contributed by atoms with Gasteiger partial charge in [0.2, 0.25) is 5.95 Å². The molecule has 0 saturated carbocycles. The van der Waals surface area contributed by atoms with Crippen LogP contribution in [-0.4, -0.2) is 26.8 Å². The zero-order chi connectivity index (χ0) is 19.8. The molecule has 7 heteroatoms. The Morgan fingerprint density at radius 1 is 1.07 bits per heavy atom. The van der Waals surface area contributed by atoms with Gasteiger partial charge in [0.1, 0.15) is 11.6 Å². The maximum atomic E-state index is 14.0. The number of nitrogens with one attached hydrogen (secondary N) is 1. The van der Waals surface area contributed by atoms with Gasteiger partial charge in [-0.15, -0.1) is 0 Å². The Kier molecular flexibility index (Phi) is 4.43. The number of rotatable bonds is 4. The summed E-state index contributed by atoms with van der Waals surface area (Å²) in [4.78, 5) is 10.7. The summed E-state index contributed by atoms with van der Waals surface area (Å²) in [5.74, 6) is 0.699. The molecular weight excluding hydrogens is 355 g/mol. The van der Waals surface area contributed by atoms with Crippen LogP contribution in [0.5, 0.6) is 0 Å². The predicted octanol–water partition coefficient (Wildman–Crippen LogP) is 4.63. The molecule has 2 heterocycles. The van der Waals surface area contributed by atoms with Crippen molar-refractivity contribution in [1.82, 2.24) is 19.7 Å². The van der Waals surface area contributed by atoms with Crippen LogP contribution in [0.3, 0.4) is 0 Å². The summed E-state index contributed by atoms with van der Waals surface area (Å²) in [6.45, 7) is 3.90. The first-order valence-corrected chi connectivity index (χ1v) is 8.95. The fourth-order valence-corrected chi connectivity index (χ4v) is 3.22. The molecule has 2 aromatic heterocycles. The van der Waals surface area contributed by atoms with Crippen molar-refractivity contribution in [3.8, 4) is 0 Å². The number of nitrogens with zero attached hydrogens (tertiary/aromatic N) is 5. The summed E-state index contributed by atoms with van der Waals surface area (Å²) in [6.07, 6.45) is 1.66. The van der Waals surface area contributed by atoms with Crippen molar-refractivity contribution in [3.63, 3.8) is 0 Å². The third-order valence-corrected chi connectivity index (χ3v) is 4.76. The van der Waals surface area contributed by atoms with Crippen LogP contribution in [0.2, 0.25) is 0 Å². The molecule has 0 saturated heterocycles. The molecule has 0 aliphatic heterocycles. The molecule has 1 N–H and O–H groups in total. The molecule has 0 radical (unpaired) electrons. The number of aromatic nitrogens is 4. The standard InChI is InChI=1S/C21H21FN6/c1-13-5-7-17(22)18(11-13)24-21-23-10-9-20(25-21)27(3)15-6-8-19-16(12-15)14(2)26-28(19)4/h5-12H,1-4H3,(H,23,24,25). The molecule has 0 aliphatic carbocycles. The number of fused-ring (bicyclic) bond motifs is 1. The van der Waals surface area contributed by atoms with Gasteiger partial charge in [0, 0.05) is 31.4 Å². The van der Waals surface area contributed by atoms with Crippen LogP contribution in [0.25, 0.3) is 10.9 Å². The molecule has 0 atom stereocenters. The van der Waals surface area contributed by atoms with Gasteiger partial charge >= 0.3 is 0 Å². The Morgan fingerprint density at radius 3 is 2.71 bits per heavy atom. The number of halogens is 1. The second kappa shape index (κ2) is 6.92. The minimum atomic E-state index is -0.342. The average Bonchev–Trinajstić information content (AvgIpc) is 2.98. The normalized spacial score (nSPS) is 11.0. The molecule has 2 aromatic carbocycles. The van der Waals surface area contributed by atoms with Crippen molar-refractivity contribution < 1.29 is 4.39 Å². The predicted molar refractivity (Wildman–Crippen MR) is 110 cm³/mol. The molecule has 4 aromatic rings. The molecule has 4 rings (SSSR count). The van der Waals surface area contributed by atoms with Crippen molar-refractivity contribution in [1.29, 1.82) is 0 Å². The van der Waals surface area contributed by atoms with Gasteiger partial charge in [-0.2, -0.15) is 10.1 Å². The van der Waals surface area contributed by atoms with Crippen LogP contribution < -0.4 is 10.2 Å². The highest BCUT2D eigenvalue weighted by Crippen LogP contribution is 2.28. The fourth-order valence-electron chi connectivity index (χ4n) is 3.22. The molecule has 0 aliphatic rings. The third kappa shape index (κ3) is 3.26. The zero-order valence-corrected chi connectivity index (χ0v) is 16.2. The summed E-state index contributed by atoms with van der Waals surface area (Å²) in [6, 6.07) is 12.9. The zero-order valence-electron chi connectivity index (χ0n) is 16.2. The number of aryl methyl sites for hydroxylation is 3. The Balaban J connectivity index is 1.65. The van der Waals surface area contributed by atoms with Crippen LogP contribution in [-0.2, 0) is 7.05 Å². The van der Waals surface area contributed by atoms with E-state index in [1.807, 2.05) is 55.7 Å². The summed E-state index contributed by atoms with van der Waals surface area (Å²) in [5.41, 5.74) is 4.35. The maximum Gasteiger partial charge on any atom is 0.229 e. The largest absolute Gasteiger partial charge is 0.329 e. The lowest BCUT2D eigenvalue weighted by atomic mass is 10.2. The summed E-state index contributed by atoms with van der Waals surface area (Å²) >= 11 is 0. The molecule has 142 valence electrons.